The molecule has 1 heterocycles. The maximum absolute atomic E-state index is 5.78. The molecule has 0 bridgehead atoms. The topological polar surface area (TPSA) is 30.7 Å². The van der Waals surface area contributed by atoms with Gasteiger partial charge in [0.05, 0.1) is 11.6 Å². The number of nitrogens with zero attached hydrogens (tertiary/aromatic N) is 3. The maximum atomic E-state index is 5.78. The minimum atomic E-state index is 0.368. The lowest BCUT2D eigenvalue weighted by molar-refractivity contribution is 0.825. The van der Waals surface area contributed by atoms with E-state index in [1.807, 2.05) is 6.07 Å². The molecule has 1 aromatic carbocycles. The highest BCUT2D eigenvalue weighted by atomic mass is 35.5. The van der Waals surface area contributed by atoms with Gasteiger partial charge in [-0.25, -0.2) is 9.67 Å². The molecular formula is C11H12ClN3. The van der Waals surface area contributed by atoms with E-state index in [4.69, 9.17) is 11.6 Å². The third-order valence-electron chi connectivity index (χ3n) is 2.32. The fourth-order valence-corrected chi connectivity index (χ4v) is 1.78. The fraction of sp³-hybridized carbons (Fsp3) is 0.273. The van der Waals surface area contributed by atoms with E-state index in [1.54, 1.807) is 4.68 Å². The molecule has 0 amide bonds. The summed E-state index contributed by atoms with van der Waals surface area (Å²) >= 11 is 5.78. The molecule has 0 unspecified atom stereocenters. The lowest BCUT2D eigenvalue weighted by atomic mass is 10.1. The third-order valence-corrected chi connectivity index (χ3v) is 2.56. The lowest BCUT2D eigenvalue weighted by Gasteiger charge is -2.08. The molecule has 0 atom stereocenters. The van der Waals surface area contributed by atoms with Crippen molar-refractivity contribution in [2.45, 2.75) is 19.7 Å². The Kier molecular flexibility index (Phi) is 2.73. The first kappa shape index (κ1) is 10.2. The molecule has 0 aliphatic carbocycles. The molecule has 0 saturated carbocycles. The summed E-state index contributed by atoms with van der Waals surface area (Å²) in [5, 5.41) is 4.17. The van der Waals surface area contributed by atoms with E-state index in [2.05, 4.69) is 36.1 Å². The first-order chi connectivity index (χ1) is 7.22. The molecule has 0 N–H and O–H groups in total. The number of halogens is 1. The summed E-state index contributed by atoms with van der Waals surface area (Å²) in [5.41, 5.74) is 3.45. The van der Waals surface area contributed by atoms with Crippen LogP contribution in [-0.2, 0) is 5.88 Å². The van der Waals surface area contributed by atoms with Crippen LogP contribution in [0.5, 0.6) is 0 Å². The van der Waals surface area contributed by atoms with Gasteiger partial charge in [-0.15, -0.1) is 11.6 Å². The van der Waals surface area contributed by atoms with Gasteiger partial charge in [0, 0.05) is 0 Å². The largest absolute Gasteiger partial charge is 0.218 e. The predicted octanol–water partition coefficient (Wildman–Crippen LogP) is 2.62. The smallest absolute Gasteiger partial charge is 0.147 e. The van der Waals surface area contributed by atoms with E-state index in [-0.39, 0.29) is 0 Å². The monoisotopic (exact) mass is 221 g/mol. The number of hydrogen-bond donors (Lipinski definition) is 0. The zero-order chi connectivity index (χ0) is 10.8. The van der Waals surface area contributed by atoms with Crippen LogP contribution in [0.4, 0.5) is 0 Å². The van der Waals surface area contributed by atoms with Gasteiger partial charge in [-0.2, -0.15) is 5.10 Å². The summed E-state index contributed by atoms with van der Waals surface area (Å²) in [4.78, 5) is 4.09. The Balaban J connectivity index is 2.54. The molecular weight excluding hydrogens is 210 g/mol. The van der Waals surface area contributed by atoms with Crippen molar-refractivity contribution in [1.82, 2.24) is 14.8 Å². The highest BCUT2D eigenvalue weighted by Gasteiger charge is 2.07. The Morgan fingerprint density at radius 3 is 2.80 bits per heavy atom. The maximum Gasteiger partial charge on any atom is 0.147 e. The Morgan fingerprint density at radius 2 is 2.13 bits per heavy atom. The van der Waals surface area contributed by atoms with Crippen molar-refractivity contribution in [2.24, 2.45) is 0 Å². The number of aryl methyl sites for hydroxylation is 2. The van der Waals surface area contributed by atoms with Crippen LogP contribution in [-0.4, -0.2) is 14.8 Å². The minimum absolute atomic E-state index is 0.368. The molecule has 0 spiro atoms. The SMILES string of the molecule is Cc1ccc(-n2ncnc2CCl)c(C)c1. The van der Waals surface area contributed by atoms with E-state index in [9.17, 15) is 0 Å². The van der Waals surface area contributed by atoms with Gasteiger partial charge in [0.15, 0.2) is 0 Å². The van der Waals surface area contributed by atoms with E-state index < -0.39 is 0 Å². The molecule has 0 aliphatic rings. The number of benzene rings is 1. The van der Waals surface area contributed by atoms with Gasteiger partial charge in [0.2, 0.25) is 0 Å². The summed E-state index contributed by atoms with van der Waals surface area (Å²) in [7, 11) is 0. The second-order valence-electron chi connectivity index (χ2n) is 3.51. The highest BCUT2D eigenvalue weighted by molar-refractivity contribution is 6.16. The van der Waals surface area contributed by atoms with Gasteiger partial charge in [0.25, 0.3) is 0 Å². The van der Waals surface area contributed by atoms with Crippen LogP contribution < -0.4 is 0 Å². The first-order valence-electron chi connectivity index (χ1n) is 4.75. The Morgan fingerprint density at radius 1 is 1.33 bits per heavy atom. The van der Waals surface area contributed by atoms with Gasteiger partial charge in [-0.05, 0) is 25.5 Å². The second-order valence-corrected chi connectivity index (χ2v) is 3.78. The molecule has 0 aliphatic heterocycles. The number of rotatable bonds is 2. The van der Waals surface area contributed by atoms with Gasteiger partial charge in [-0.1, -0.05) is 17.7 Å². The average molecular weight is 222 g/mol. The third kappa shape index (κ3) is 1.88. The summed E-state index contributed by atoms with van der Waals surface area (Å²) in [6.45, 7) is 4.13. The van der Waals surface area contributed by atoms with Crippen molar-refractivity contribution in [3.8, 4) is 5.69 Å². The first-order valence-corrected chi connectivity index (χ1v) is 5.28. The molecule has 2 aromatic rings. The molecule has 1 aromatic heterocycles. The van der Waals surface area contributed by atoms with E-state index in [0.717, 1.165) is 11.5 Å². The molecule has 0 radical (unpaired) electrons. The number of aromatic nitrogens is 3. The van der Waals surface area contributed by atoms with Gasteiger partial charge in [0.1, 0.15) is 12.2 Å². The zero-order valence-corrected chi connectivity index (χ0v) is 9.49. The molecule has 78 valence electrons. The fourth-order valence-electron chi connectivity index (χ4n) is 1.60. The molecule has 15 heavy (non-hydrogen) atoms. The Bertz CT molecular complexity index is 476. The van der Waals surface area contributed by atoms with Gasteiger partial charge >= 0.3 is 0 Å². The summed E-state index contributed by atoms with van der Waals surface area (Å²) in [6.07, 6.45) is 1.52. The van der Waals surface area contributed by atoms with Crippen molar-refractivity contribution in [1.29, 1.82) is 0 Å². The average Bonchev–Trinajstić information content (AvgIpc) is 2.65. The molecule has 4 heteroatoms. The van der Waals surface area contributed by atoms with E-state index >= 15 is 0 Å². The standard InChI is InChI=1S/C11H12ClN3/c1-8-3-4-10(9(2)5-8)15-11(6-12)13-7-14-15/h3-5,7H,6H2,1-2H3. The highest BCUT2D eigenvalue weighted by Crippen LogP contribution is 2.16. The molecule has 0 saturated heterocycles. The molecule has 3 nitrogen and oxygen atoms in total. The van der Waals surface area contributed by atoms with Crippen molar-refractivity contribution >= 4 is 11.6 Å². The number of hydrogen-bond acceptors (Lipinski definition) is 2. The molecule has 0 fully saturated rings. The number of alkyl halides is 1. The normalized spacial score (nSPS) is 10.6. The van der Waals surface area contributed by atoms with Gasteiger partial charge < -0.3 is 0 Å². The van der Waals surface area contributed by atoms with Crippen LogP contribution in [0.1, 0.15) is 17.0 Å². The van der Waals surface area contributed by atoms with E-state index in [1.165, 1.54) is 17.5 Å². The van der Waals surface area contributed by atoms with Crippen LogP contribution in [0.25, 0.3) is 5.69 Å². The van der Waals surface area contributed by atoms with Crippen molar-refractivity contribution < 1.29 is 0 Å². The summed E-state index contributed by atoms with van der Waals surface area (Å²) in [5.74, 6) is 1.14. The van der Waals surface area contributed by atoms with Crippen LogP contribution in [0.3, 0.4) is 0 Å². The Labute approximate surface area is 93.7 Å². The zero-order valence-electron chi connectivity index (χ0n) is 8.74. The van der Waals surface area contributed by atoms with Crippen LogP contribution in [0, 0.1) is 13.8 Å². The predicted molar refractivity (Wildman–Crippen MR) is 60.4 cm³/mol. The van der Waals surface area contributed by atoms with Crippen molar-refractivity contribution in [3.63, 3.8) is 0 Å². The quantitative estimate of drug-likeness (QED) is 0.730. The lowest BCUT2D eigenvalue weighted by Crippen LogP contribution is -2.03. The minimum Gasteiger partial charge on any atom is -0.218 e. The van der Waals surface area contributed by atoms with Crippen molar-refractivity contribution in [2.75, 3.05) is 0 Å². The molecule has 2 rings (SSSR count). The van der Waals surface area contributed by atoms with Crippen LogP contribution in [0.15, 0.2) is 24.5 Å². The van der Waals surface area contributed by atoms with Crippen LogP contribution >= 0.6 is 11.6 Å². The van der Waals surface area contributed by atoms with E-state index in [0.29, 0.717) is 5.88 Å². The van der Waals surface area contributed by atoms with Crippen molar-refractivity contribution in [3.05, 3.63) is 41.5 Å². The van der Waals surface area contributed by atoms with Gasteiger partial charge in [-0.3, -0.25) is 0 Å². The Hall–Kier alpha value is -1.35. The summed E-state index contributed by atoms with van der Waals surface area (Å²) in [6, 6.07) is 6.21. The second kappa shape index (κ2) is 4.03. The summed E-state index contributed by atoms with van der Waals surface area (Å²) < 4.78 is 1.78. The van der Waals surface area contributed by atoms with Crippen LogP contribution in [0.2, 0.25) is 0 Å².